The highest BCUT2D eigenvalue weighted by molar-refractivity contribution is 7.91. The molecule has 8 nitrogen and oxygen atoms in total. The van der Waals surface area contributed by atoms with Crippen LogP contribution in [0.1, 0.15) is 24.1 Å². The molecular weight excluding hydrogens is 439 g/mol. The molecule has 3 rings (SSSR count). The Morgan fingerprint density at radius 2 is 1.91 bits per heavy atom. The van der Waals surface area contributed by atoms with Crippen molar-refractivity contribution in [1.82, 2.24) is 10.6 Å². The Morgan fingerprint density at radius 1 is 1.19 bits per heavy atom. The summed E-state index contributed by atoms with van der Waals surface area (Å²) in [6.07, 6.45) is 0. The van der Waals surface area contributed by atoms with Crippen LogP contribution in [0.4, 0.5) is 9.18 Å². The fraction of sp³-hybridized carbons (Fsp3) is 0.273. The number of hydrogen-bond donors (Lipinski definition) is 2. The van der Waals surface area contributed by atoms with Crippen LogP contribution in [0.5, 0.6) is 5.75 Å². The van der Waals surface area contributed by atoms with Crippen molar-refractivity contribution in [1.29, 1.82) is 0 Å². The predicted molar refractivity (Wildman–Crippen MR) is 114 cm³/mol. The van der Waals surface area contributed by atoms with Gasteiger partial charge in [-0.25, -0.2) is 22.4 Å². The molecule has 0 radical (unpaired) electrons. The van der Waals surface area contributed by atoms with Crippen LogP contribution in [0.25, 0.3) is 0 Å². The SMILES string of the molecule is CCOC(=O)C1=C(CS(=O)(=O)c2ccc(F)c(C)c2)NC(=O)NC1c1ccccc1OC. The van der Waals surface area contributed by atoms with Crippen LogP contribution in [-0.4, -0.2) is 39.9 Å². The molecule has 0 aromatic heterocycles. The van der Waals surface area contributed by atoms with Gasteiger partial charge in [-0.05, 0) is 43.7 Å². The van der Waals surface area contributed by atoms with Gasteiger partial charge >= 0.3 is 12.0 Å². The van der Waals surface area contributed by atoms with Gasteiger partial charge in [0.2, 0.25) is 0 Å². The van der Waals surface area contributed by atoms with E-state index < -0.39 is 39.4 Å². The molecule has 2 N–H and O–H groups in total. The molecule has 1 heterocycles. The van der Waals surface area contributed by atoms with E-state index in [1.807, 2.05) is 0 Å². The third-order valence-electron chi connectivity index (χ3n) is 4.92. The van der Waals surface area contributed by atoms with Gasteiger partial charge < -0.3 is 20.1 Å². The van der Waals surface area contributed by atoms with E-state index in [9.17, 15) is 22.4 Å². The first-order chi connectivity index (χ1) is 15.2. The van der Waals surface area contributed by atoms with E-state index in [0.717, 1.165) is 12.1 Å². The molecule has 0 saturated carbocycles. The summed E-state index contributed by atoms with van der Waals surface area (Å²) in [6.45, 7) is 3.11. The lowest BCUT2D eigenvalue weighted by atomic mass is 9.95. The summed E-state index contributed by atoms with van der Waals surface area (Å²) in [5, 5.41) is 5.07. The minimum atomic E-state index is -4.03. The maximum absolute atomic E-state index is 13.6. The lowest BCUT2D eigenvalue weighted by Gasteiger charge is -2.30. The molecule has 0 aliphatic carbocycles. The second-order valence-electron chi connectivity index (χ2n) is 7.06. The van der Waals surface area contributed by atoms with Gasteiger partial charge in [0.25, 0.3) is 0 Å². The molecule has 1 aliphatic rings. The van der Waals surface area contributed by atoms with Crippen LogP contribution < -0.4 is 15.4 Å². The van der Waals surface area contributed by atoms with Crippen molar-refractivity contribution in [2.75, 3.05) is 19.5 Å². The molecule has 1 atom stereocenters. The van der Waals surface area contributed by atoms with E-state index in [0.29, 0.717) is 11.3 Å². The van der Waals surface area contributed by atoms with Crippen LogP contribution in [0, 0.1) is 12.7 Å². The Balaban J connectivity index is 2.14. The Labute approximate surface area is 185 Å². The maximum Gasteiger partial charge on any atom is 0.338 e. The van der Waals surface area contributed by atoms with Gasteiger partial charge in [0, 0.05) is 11.3 Å². The molecule has 0 spiro atoms. The fourth-order valence-corrected chi connectivity index (χ4v) is 4.81. The molecule has 2 amide bonds. The Bertz CT molecular complexity index is 1190. The zero-order valence-electron chi connectivity index (χ0n) is 17.8. The number of halogens is 1. The molecule has 1 unspecified atom stereocenters. The number of rotatable bonds is 7. The molecule has 10 heteroatoms. The second-order valence-corrected chi connectivity index (χ2v) is 9.05. The van der Waals surface area contributed by atoms with E-state index in [4.69, 9.17) is 9.47 Å². The zero-order chi connectivity index (χ0) is 23.5. The van der Waals surface area contributed by atoms with Crippen molar-refractivity contribution in [3.63, 3.8) is 0 Å². The topological polar surface area (TPSA) is 111 Å². The number of hydrogen-bond acceptors (Lipinski definition) is 6. The van der Waals surface area contributed by atoms with Gasteiger partial charge in [-0.1, -0.05) is 18.2 Å². The molecule has 0 saturated heterocycles. The van der Waals surface area contributed by atoms with Crippen molar-refractivity contribution in [3.8, 4) is 5.75 Å². The molecule has 2 aromatic carbocycles. The zero-order valence-corrected chi connectivity index (χ0v) is 18.6. The second kappa shape index (κ2) is 9.39. The predicted octanol–water partition coefficient (Wildman–Crippen LogP) is 2.79. The highest BCUT2D eigenvalue weighted by Crippen LogP contribution is 2.34. The van der Waals surface area contributed by atoms with Crippen molar-refractivity contribution in [3.05, 3.63) is 70.7 Å². The average molecular weight is 462 g/mol. The minimum Gasteiger partial charge on any atom is -0.496 e. The first-order valence-electron chi connectivity index (χ1n) is 9.77. The summed E-state index contributed by atoms with van der Waals surface area (Å²) in [7, 11) is -2.59. The normalized spacial score (nSPS) is 16.2. The van der Waals surface area contributed by atoms with Crippen LogP contribution >= 0.6 is 0 Å². The largest absolute Gasteiger partial charge is 0.496 e. The number of para-hydroxylation sites is 1. The van der Waals surface area contributed by atoms with E-state index in [2.05, 4.69) is 10.6 Å². The number of benzene rings is 2. The number of methoxy groups -OCH3 is 1. The molecule has 2 aromatic rings. The van der Waals surface area contributed by atoms with Gasteiger partial charge in [0.15, 0.2) is 9.84 Å². The summed E-state index contributed by atoms with van der Waals surface area (Å²) >= 11 is 0. The number of sulfone groups is 1. The third kappa shape index (κ3) is 4.75. The molecule has 0 fully saturated rings. The quantitative estimate of drug-likeness (QED) is 0.484. The van der Waals surface area contributed by atoms with E-state index in [1.165, 1.54) is 20.1 Å². The van der Waals surface area contributed by atoms with Gasteiger partial charge in [-0.2, -0.15) is 0 Å². The van der Waals surface area contributed by atoms with Gasteiger partial charge in [0.1, 0.15) is 11.6 Å². The number of carbonyl (C=O) groups is 2. The van der Waals surface area contributed by atoms with E-state index in [1.54, 1.807) is 31.2 Å². The number of ether oxygens (including phenoxy) is 2. The van der Waals surface area contributed by atoms with E-state index >= 15 is 0 Å². The molecule has 1 aliphatic heterocycles. The van der Waals surface area contributed by atoms with E-state index in [-0.39, 0.29) is 28.3 Å². The number of aryl methyl sites for hydroxylation is 1. The Kier molecular flexibility index (Phi) is 6.83. The monoisotopic (exact) mass is 462 g/mol. The fourth-order valence-electron chi connectivity index (χ4n) is 3.40. The summed E-state index contributed by atoms with van der Waals surface area (Å²) < 4.78 is 50.2. The number of carbonyl (C=O) groups excluding carboxylic acids is 2. The first kappa shape index (κ1) is 23.3. The molecular formula is C22H23FN2O6S. The van der Waals surface area contributed by atoms with Crippen molar-refractivity contribution >= 4 is 21.8 Å². The standard InChI is InChI=1S/C22H23FN2O6S/c1-4-31-21(26)19-17(12-32(28,29)14-9-10-16(23)13(2)11-14)24-22(27)25-20(19)15-7-5-6-8-18(15)30-3/h5-11,20H,4,12H2,1-3H3,(H2,24,25,27). The van der Waals surface area contributed by atoms with Crippen molar-refractivity contribution in [2.45, 2.75) is 24.8 Å². The number of amides is 2. The number of urea groups is 1. The highest BCUT2D eigenvalue weighted by atomic mass is 32.2. The first-order valence-corrected chi connectivity index (χ1v) is 11.4. The lowest BCUT2D eigenvalue weighted by Crippen LogP contribution is -2.47. The molecule has 170 valence electrons. The van der Waals surface area contributed by atoms with Crippen molar-refractivity contribution < 1.29 is 31.9 Å². The van der Waals surface area contributed by atoms with Gasteiger partial charge in [-0.3, -0.25) is 0 Å². The minimum absolute atomic E-state index is 0.0477. The van der Waals surface area contributed by atoms with Crippen LogP contribution in [-0.2, 0) is 19.4 Å². The number of nitrogens with one attached hydrogen (secondary N) is 2. The summed E-state index contributed by atoms with van der Waals surface area (Å²) in [6, 6.07) is 8.45. The smallest absolute Gasteiger partial charge is 0.338 e. The number of esters is 1. The maximum atomic E-state index is 13.6. The molecule has 32 heavy (non-hydrogen) atoms. The lowest BCUT2D eigenvalue weighted by molar-refractivity contribution is -0.139. The Hall–Kier alpha value is -3.40. The molecule has 0 bridgehead atoms. The highest BCUT2D eigenvalue weighted by Gasteiger charge is 2.37. The van der Waals surface area contributed by atoms with Crippen LogP contribution in [0.3, 0.4) is 0 Å². The Morgan fingerprint density at radius 3 is 2.56 bits per heavy atom. The summed E-state index contributed by atoms with van der Waals surface area (Å²) in [4.78, 5) is 25.1. The summed E-state index contributed by atoms with van der Waals surface area (Å²) in [5.41, 5.74) is 0.441. The van der Waals surface area contributed by atoms with Gasteiger partial charge in [-0.15, -0.1) is 0 Å². The van der Waals surface area contributed by atoms with Gasteiger partial charge in [0.05, 0.1) is 36.0 Å². The van der Waals surface area contributed by atoms with Crippen molar-refractivity contribution in [2.24, 2.45) is 0 Å². The average Bonchev–Trinajstić information content (AvgIpc) is 2.74. The third-order valence-corrected chi connectivity index (χ3v) is 6.56. The van der Waals surface area contributed by atoms with Crippen LogP contribution in [0.2, 0.25) is 0 Å². The summed E-state index contributed by atoms with van der Waals surface area (Å²) in [5.74, 6) is -1.61. The van der Waals surface area contributed by atoms with Crippen LogP contribution in [0.15, 0.2) is 58.6 Å².